The molecule has 0 aromatic carbocycles. The topological polar surface area (TPSA) is 39.1 Å². The molecule has 1 aromatic heterocycles. The monoisotopic (exact) mass is 281 g/mol. The third kappa shape index (κ3) is 5.95. The van der Waals surface area contributed by atoms with E-state index in [0.29, 0.717) is 0 Å². The first-order chi connectivity index (χ1) is 9.31. The molecule has 0 aliphatic heterocycles. The van der Waals surface area contributed by atoms with Crippen LogP contribution in [-0.2, 0) is 7.05 Å². The average molecular weight is 281 g/mol. The molecule has 4 heteroatoms. The molecule has 1 N–H and O–H groups in total. The van der Waals surface area contributed by atoms with E-state index in [0.717, 1.165) is 36.7 Å². The Kier molecular flexibility index (Phi) is 6.53. The molecule has 1 rings (SSSR count). The van der Waals surface area contributed by atoms with Crippen LogP contribution in [0.5, 0.6) is 5.75 Å². The number of hydrogen-bond donors (Lipinski definition) is 1. The van der Waals surface area contributed by atoms with Gasteiger partial charge in [-0.05, 0) is 54.0 Å². The fraction of sp³-hybridized carbons (Fsp3) is 0.812. The van der Waals surface area contributed by atoms with Crippen LogP contribution in [0.1, 0.15) is 57.8 Å². The number of nitrogens with one attached hydrogen (secondary N) is 1. The highest BCUT2D eigenvalue weighted by molar-refractivity contribution is 5.31. The van der Waals surface area contributed by atoms with E-state index in [9.17, 15) is 0 Å². The van der Waals surface area contributed by atoms with Gasteiger partial charge in [0, 0.05) is 12.6 Å². The molecule has 0 atom stereocenters. The zero-order chi connectivity index (χ0) is 15.2. The zero-order valence-corrected chi connectivity index (χ0v) is 14.0. The van der Waals surface area contributed by atoms with Gasteiger partial charge in [-0.3, -0.25) is 4.68 Å². The lowest BCUT2D eigenvalue weighted by Crippen LogP contribution is -2.36. The van der Waals surface area contributed by atoms with Crippen LogP contribution in [0.2, 0.25) is 0 Å². The summed E-state index contributed by atoms with van der Waals surface area (Å²) in [5.41, 5.74) is 2.33. The Labute approximate surface area is 123 Å². The van der Waals surface area contributed by atoms with Gasteiger partial charge in [0.15, 0.2) is 5.75 Å². The van der Waals surface area contributed by atoms with Gasteiger partial charge in [-0.25, -0.2) is 0 Å². The van der Waals surface area contributed by atoms with Gasteiger partial charge in [0.1, 0.15) is 5.69 Å². The van der Waals surface area contributed by atoms with Crippen molar-refractivity contribution in [2.75, 3.05) is 13.2 Å². The molecule has 0 aliphatic carbocycles. The summed E-state index contributed by atoms with van der Waals surface area (Å²) in [4.78, 5) is 0. The van der Waals surface area contributed by atoms with Crippen LogP contribution in [0.15, 0.2) is 0 Å². The van der Waals surface area contributed by atoms with Crippen molar-refractivity contribution in [3.63, 3.8) is 0 Å². The van der Waals surface area contributed by atoms with Gasteiger partial charge in [-0.1, -0.05) is 12.8 Å². The van der Waals surface area contributed by atoms with E-state index in [1.54, 1.807) is 0 Å². The fourth-order valence-corrected chi connectivity index (χ4v) is 2.18. The van der Waals surface area contributed by atoms with E-state index >= 15 is 0 Å². The van der Waals surface area contributed by atoms with E-state index in [2.05, 4.69) is 31.2 Å². The van der Waals surface area contributed by atoms with E-state index in [-0.39, 0.29) is 5.54 Å². The summed E-state index contributed by atoms with van der Waals surface area (Å²) in [5.74, 6) is 0.960. The molecule has 0 amide bonds. The summed E-state index contributed by atoms with van der Waals surface area (Å²) in [7, 11) is 1.96. The van der Waals surface area contributed by atoms with E-state index < -0.39 is 0 Å². The molecule has 0 saturated heterocycles. The molecule has 0 saturated carbocycles. The lowest BCUT2D eigenvalue weighted by atomic mass is 10.1. The van der Waals surface area contributed by atoms with Crippen molar-refractivity contribution in [1.82, 2.24) is 15.1 Å². The SMILES string of the molecule is Cc1nn(C)c(C)c1OCCCCCCNC(C)(C)C. The van der Waals surface area contributed by atoms with Gasteiger partial charge < -0.3 is 10.1 Å². The molecule has 0 spiro atoms. The van der Waals surface area contributed by atoms with Crippen molar-refractivity contribution in [3.05, 3.63) is 11.4 Å². The maximum Gasteiger partial charge on any atom is 0.162 e. The molecule has 0 aliphatic rings. The summed E-state index contributed by atoms with van der Waals surface area (Å²) >= 11 is 0. The minimum Gasteiger partial charge on any atom is -0.490 e. The summed E-state index contributed by atoms with van der Waals surface area (Å²) in [5, 5.41) is 7.87. The highest BCUT2D eigenvalue weighted by Crippen LogP contribution is 2.21. The van der Waals surface area contributed by atoms with E-state index in [1.807, 2.05) is 25.6 Å². The normalized spacial score (nSPS) is 11.9. The maximum absolute atomic E-state index is 5.85. The largest absolute Gasteiger partial charge is 0.490 e. The van der Waals surface area contributed by atoms with Crippen LogP contribution in [0.4, 0.5) is 0 Å². The maximum atomic E-state index is 5.85. The fourth-order valence-electron chi connectivity index (χ4n) is 2.18. The first-order valence-electron chi connectivity index (χ1n) is 7.69. The number of aromatic nitrogens is 2. The third-order valence-electron chi connectivity index (χ3n) is 3.42. The van der Waals surface area contributed by atoms with E-state index in [1.165, 1.54) is 19.3 Å². The van der Waals surface area contributed by atoms with Gasteiger partial charge in [0.2, 0.25) is 0 Å². The quantitative estimate of drug-likeness (QED) is 0.743. The summed E-state index contributed by atoms with van der Waals surface area (Å²) in [6.45, 7) is 12.6. The molecule has 0 bridgehead atoms. The molecular weight excluding hydrogens is 250 g/mol. The molecule has 0 unspecified atom stereocenters. The minimum absolute atomic E-state index is 0.235. The second-order valence-electron chi connectivity index (χ2n) is 6.56. The number of nitrogens with zero attached hydrogens (tertiary/aromatic N) is 2. The molecule has 1 heterocycles. The van der Waals surface area contributed by atoms with Crippen LogP contribution in [0, 0.1) is 13.8 Å². The lowest BCUT2D eigenvalue weighted by Gasteiger charge is -2.20. The third-order valence-corrected chi connectivity index (χ3v) is 3.42. The van der Waals surface area contributed by atoms with Crippen molar-refractivity contribution in [2.24, 2.45) is 7.05 Å². The number of hydrogen-bond acceptors (Lipinski definition) is 3. The predicted octanol–water partition coefficient (Wildman–Crippen LogP) is 3.36. The predicted molar refractivity (Wildman–Crippen MR) is 84.4 cm³/mol. The highest BCUT2D eigenvalue weighted by Gasteiger charge is 2.10. The van der Waals surface area contributed by atoms with Crippen LogP contribution in [0.3, 0.4) is 0 Å². The van der Waals surface area contributed by atoms with Crippen LogP contribution in [-0.4, -0.2) is 28.5 Å². The lowest BCUT2D eigenvalue weighted by molar-refractivity contribution is 0.299. The first-order valence-corrected chi connectivity index (χ1v) is 7.69. The Morgan fingerprint density at radius 3 is 2.30 bits per heavy atom. The van der Waals surface area contributed by atoms with Gasteiger partial charge in [0.05, 0.1) is 12.3 Å². The number of aryl methyl sites for hydroxylation is 2. The summed E-state index contributed by atoms with van der Waals surface area (Å²) in [6.07, 6.45) is 4.84. The van der Waals surface area contributed by atoms with Crippen LogP contribution < -0.4 is 10.1 Å². The molecule has 1 aromatic rings. The molecule has 20 heavy (non-hydrogen) atoms. The second kappa shape index (κ2) is 7.67. The minimum atomic E-state index is 0.235. The van der Waals surface area contributed by atoms with Crippen molar-refractivity contribution in [2.45, 2.75) is 65.8 Å². The smallest absolute Gasteiger partial charge is 0.162 e. The standard InChI is InChI=1S/C16H31N3O/c1-13-15(14(2)19(6)18-13)20-12-10-8-7-9-11-17-16(3,4)5/h17H,7-12H2,1-6H3. The van der Waals surface area contributed by atoms with Gasteiger partial charge in [-0.2, -0.15) is 5.10 Å². The molecule has 4 nitrogen and oxygen atoms in total. The average Bonchev–Trinajstić information content (AvgIpc) is 2.57. The zero-order valence-electron chi connectivity index (χ0n) is 14.0. The Balaban J connectivity index is 2.08. The first kappa shape index (κ1) is 17.0. The van der Waals surface area contributed by atoms with Crippen molar-refractivity contribution >= 4 is 0 Å². The number of unbranched alkanes of at least 4 members (excludes halogenated alkanes) is 3. The van der Waals surface area contributed by atoms with Crippen LogP contribution in [0.25, 0.3) is 0 Å². The Morgan fingerprint density at radius 2 is 1.75 bits per heavy atom. The second-order valence-corrected chi connectivity index (χ2v) is 6.56. The van der Waals surface area contributed by atoms with Crippen molar-refractivity contribution in [1.29, 1.82) is 0 Å². The molecule has 116 valence electrons. The summed E-state index contributed by atoms with van der Waals surface area (Å²) < 4.78 is 7.73. The van der Waals surface area contributed by atoms with Gasteiger partial charge >= 0.3 is 0 Å². The molecular formula is C16H31N3O. The van der Waals surface area contributed by atoms with Crippen molar-refractivity contribution < 1.29 is 4.74 Å². The summed E-state index contributed by atoms with van der Waals surface area (Å²) in [6, 6.07) is 0. The Bertz CT molecular complexity index is 405. The Morgan fingerprint density at radius 1 is 1.10 bits per heavy atom. The van der Waals surface area contributed by atoms with Crippen LogP contribution >= 0.6 is 0 Å². The molecule has 0 radical (unpaired) electrons. The Hall–Kier alpha value is -1.03. The highest BCUT2D eigenvalue weighted by atomic mass is 16.5. The van der Waals surface area contributed by atoms with E-state index in [4.69, 9.17) is 4.74 Å². The van der Waals surface area contributed by atoms with Gasteiger partial charge in [-0.15, -0.1) is 0 Å². The van der Waals surface area contributed by atoms with Crippen molar-refractivity contribution in [3.8, 4) is 5.75 Å². The number of rotatable bonds is 8. The van der Waals surface area contributed by atoms with Gasteiger partial charge in [0.25, 0.3) is 0 Å². The number of ether oxygens (including phenoxy) is 1. The molecule has 0 fully saturated rings.